The van der Waals surface area contributed by atoms with Crippen LogP contribution in [0, 0.1) is 0 Å². The fraction of sp³-hybridized carbons (Fsp3) is 0.500. The predicted octanol–water partition coefficient (Wildman–Crippen LogP) is 2.24. The first-order valence-electron chi connectivity index (χ1n) is 7.39. The highest BCUT2D eigenvalue weighted by Gasteiger charge is 2.08. The first-order chi connectivity index (χ1) is 10.1. The van der Waals surface area contributed by atoms with Gasteiger partial charge in [0.25, 0.3) is 0 Å². The third-order valence-electron chi connectivity index (χ3n) is 3.26. The Morgan fingerprint density at radius 2 is 2.05 bits per heavy atom. The molecule has 114 valence electrons. The lowest BCUT2D eigenvalue weighted by molar-refractivity contribution is 0.273. The van der Waals surface area contributed by atoms with Crippen molar-refractivity contribution in [1.29, 1.82) is 0 Å². The highest BCUT2D eigenvalue weighted by molar-refractivity contribution is 5.10. The zero-order valence-electron chi connectivity index (χ0n) is 13.0. The molecule has 2 aromatic rings. The summed E-state index contributed by atoms with van der Waals surface area (Å²) < 4.78 is 5.38. The number of aromatic nitrogens is 2. The Morgan fingerprint density at radius 3 is 2.76 bits per heavy atom. The van der Waals surface area contributed by atoms with Gasteiger partial charge in [0.1, 0.15) is 0 Å². The Bertz CT molecular complexity index is 524. The van der Waals surface area contributed by atoms with Gasteiger partial charge >= 0.3 is 0 Å². The van der Waals surface area contributed by atoms with E-state index in [9.17, 15) is 0 Å². The summed E-state index contributed by atoms with van der Waals surface area (Å²) in [5.74, 6) is 0.910. The van der Waals surface area contributed by atoms with Crippen molar-refractivity contribution in [1.82, 2.24) is 20.4 Å². The SMILES string of the molecule is CC(C)NCc1cc(CN(C)CCc2ccncc2)on1. The monoisotopic (exact) mass is 288 g/mol. The van der Waals surface area contributed by atoms with Gasteiger partial charge in [0, 0.05) is 37.6 Å². The molecule has 0 radical (unpaired) electrons. The number of nitrogens with zero attached hydrogens (tertiary/aromatic N) is 3. The van der Waals surface area contributed by atoms with Crippen LogP contribution in [0.1, 0.15) is 30.9 Å². The van der Waals surface area contributed by atoms with Crippen molar-refractivity contribution < 1.29 is 4.52 Å². The van der Waals surface area contributed by atoms with Crippen LogP contribution in [0.5, 0.6) is 0 Å². The summed E-state index contributed by atoms with van der Waals surface area (Å²) in [5, 5.41) is 7.42. The largest absolute Gasteiger partial charge is 0.360 e. The smallest absolute Gasteiger partial charge is 0.151 e. The molecule has 5 nitrogen and oxygen atoms in total. The molecule has 0 unspecified atom stereocenters. The minimum Gasteiger partial charge on any atom is -0.360 e. The third-order valence-corrected chi connectivity index (χ3v) is 3.26. The fourth-order valence-corrected chi connectivity index (χ4v) is 2.04. The van der Waals surface area contributed by atoms with Crippen LogP contribution in [0.3, 0.4) is 0 Å². The molecule has 2 aromatic heterocycles. The second-order valence-electron chi connectivity index (χ2n) is 5.66. The normalized spacial score (nSPS) is 11.5. The second-order valence-corrected chi connectivity index (χ2v) is 5.66. The number of likely N-dealkylation sites (N-methyl/N-ethyl adjacent to an activating group) is 1. The van der Waals surface area contributed by atoms with E-state index in [0.717, 1.165) is 37.5 Å². The van der Waals surface area contributed by atoms with Gasteiger partial charge in [0.15, 0.2) is 5.76 Å². The number of nitrogens with one attached hydrogen (secondary N) is 1. The fourth-order valence-electron chi connectivity index (χ4n) is 2.04. The summed E-state index contributed by atoms with van der Waals surface area (Å²) in [6.45, 7) is 6.74. The molecular formula is C16H24N4O. The van der Waals surface area contributed by atoms with Gasteiger partial charge in [-0.3, -0.25) is 9.88 Å². The molecule has 21 heavy (non-hydrogen) atoms. The van der Waals surface area contributed by atoms with Crippen LogP contribution >= 0.6 is 0 Å². The van der Waals surface area contributed by atoms with Crippen molar-refractivity contribution >= 4 is 0 Å². The maximum atomic E-state index is 5.38. The van der Waals surface area contributed by atoms with E-state index in [1.165, 1.54) is 5.56 Å². The maximum Gasteiger partial charge on any atom is 0.151 e. The minimum absolute atomic E-state index is 0.452. The Labute approximate surface area is 126 Å². The maximum absolute atomic E-state index is 5.38. The molecular weight excluding hydrogens is 264 g/mol. The average molecular weight is 288 g/mol. The summed E-state index contributed by atoms with van der Waals surface area (Å²) in [7, 11) is 2.09. The Morgan fingerprint density at radius 1 is 1.29 bits per heavy atom. The molecule has 0 saturated carbocycles. The first-order valence-corrected chi connectivity index (χ1v) is 7.39. The van der Waals surface area contributed by atoms with Crippen molar-refractivity contribution in [2.75, 3.05) is 13.6 Å². The Kier molecular flexibility index (Phi) is 5.90. The van der Waals surface area contributed by atoms with Crippen molar-refractivity contribution in [2.24, 2.45) is 0 Å². The summed E-state index contributed by atoms with van der Waals surface area (Å²) in [5.41, 5.74) is 2.26. The molecule has 0 amide bonds. The highest BCUT2D eigenvalue weighted by atomic mass is 16.5. The van der Waals surface area contributed by atoms with Crippen LogP contribution in [0.25, 0.3) is 0 Å². The molecule has 5 heteroatoms. The van der Waals surface area contributed by atoms with Crippen LogP contribution in [0.4, 0.5) is 0 Å². The highest BCUT2D eigenvalue weighted by Crippen LogP contribution is 2.07. The number of hydrogen-bond acceptors (Lipinski definition) is 5. The first kappa shape index (κ1) is 15.7. The molecule has 0 aromatic carbocycles. The van der Waals surface area contributed by atoms with Crippen molar-refractivity contribution in [2.45, 2.75) is 39.4 Å². The van der Waals surface area contributed by atoms with Crippen molar-refractivity contribution in [3.63, 3.8) is 0 Å². The molecule has 0 aliphatic heterocycles. The third kappa shape index (κ3) is 5.65. The quantitative estimate of drug-likeness (QED) is 0.807. The van der Waals surface area contributed by atoms with E-state index >= 15 is 0 Å². The number of rotatable bonds is 8. The van der Waals surface area contributed by atoms with Crippen molar-refractivity contribution in [3.8, 4) is 0 Å². The molecule has 2 rings (SSSR count). The lowest BCUT2D eigenvalue weighted by atomic mass is 10.2. The molecule has 0 aliphatic carbocycles. The van der Waals surface area contributed by atoms with E-state index in [-0.39, 0.29) is 0 Å². The van der Waals surface area contributed by atoms with E-state index < -0.39 is 0 Å². The molecule has 0 aliphatic rings. The van der Waals surface area contributed by atoms with Gasteiger partial charge in [-0.2, -0.15) is 0 Å². The lowest BCUT2D eigenvalue weighted by Crippen LogP contribution is -2.22. The molecule has 0 fully saturated rings. The summed E-state index contributed by atoms with van der Waals surface area (Å²) in [6, 6.07) is 6.59. The molecule has 0 spiro atoms. The van der Waals surface area contributed by atoms with Crippen molar-refractivity contribution in [3.05, 3.63) is 47.6 Å². The van der Waals surface area contributed by atoms with Crippen LogP contribution in [-0.2, 0) is 19.5 Å². The van der Waals surface area contributed by atoms with Gasteiger partial charge in [-0.05, 0) is 31.2 Å². The van der Waals surface area contributed by atoms with Crippen LogP contribution in [0.2, 0.25) is 0 Å². The van der Waals surface area contributed by atoms with E-state index in [4.69, 9.17) is 4.52 Å². The van der Waals surface area contributed by atoms with Gasteiger partial charge in [-0.25, -0.2) is 0 Å². The van der Waals surface area contributed by atoms with Gasteiger partial charge in [0.05, 0.1) is 12.2 Å². The summed E-state index contributed by atoms with van der Waals surface area (Å²) >= 11 is 0. The lowest BCUT2D eigenvalue weighted by Gasteiger charge is -2.14. The number of pyridine rings is 1. The second kappa shape index (κ2) is 7.90. The summed E-state index contributed by atoms with van der Waals surface area (Å²) in [4.78, 5) is 6.27. The zero-order chi connectivity index (χ0) is 15.1. The standard InChI is InChI=1S/C16H24N4O/c1-13(2)18-11-15-10-16(21-19-15)12-20(3)9-6-14-4-7-17-8-5-14/h4-5,7-8,10,13,18H,6,9,11-12H2,1-3H3. The van der Waals surface area contributed by atoms with E-state index in [0.29, 0.717) is 6.04 Å². The minimum atomic E-state index is 0.452. The molecule has 0 bridgehead atoms. The molecule has 0 atom stereocenters. The average Bonchev–Trinajstić information content (AvgIpc) is 2.91. The zero-order valence-corrected chi connectivity index (χ0v) is 13.0. The van der Waals surface area contributed by atoms with Gasteiger partial charge in [0.2, 0.25) is 0 Å². The molecule has 2 heterocycles. The van der Waals surface area contributed by atoms with Gasteiger partial charge in [-0.1, -0.05) is 19.0 Å². The van der Waals surface area contributed by atoms with Crippen LogP contribution < -0.4 is 5.32 Å². The van der Waals surface area contributed by atoms with E-state index in [1.54, 1.807) is 0 Å². The summed E-state index contributed by atoms with van der Waals surface area (Å²) in [6.07, 6.45) is 4.68. The molecule has 1 N–H and O–H groups in total. The Balaban J connectivity index is 1.76. The van der Waals surface area contributed by atoms with Crippen LogP contribution in [0.15, 0.2) is 35.1 Å². The van der Waals surface area contributed by atoms with Crippen LogP contribution in [-0.4, -0.2) is 34.7 Å². The number of hydrogen-bond donors (Lipinski definition) is 1. The van der Waals surface area contributed by atoms with E-state index in [1.807, 2.05) is 18.5 Å². The topological polar surface area (TPSA) is 54.2 Å². The Hall–Kier alpha value is -1.72. The molecule has 0 saturated heterocycles. The van der Waals surface area contributed by atoms with Gasteiger partial charge < -0.3 is 9.84 Å². The predicted molar refractivity (Wildman–Crippen MR) is 82.8 cm³/mol. The van der Waals surface area contributed by atoms with Gasteiger partial charge in [-0.15, -0.1) is 0 Å². The van der Waals surface area contributed by atoms with E-state index in [2.05, 4.69) is 53.4 Å².